The Bertz CT molecular complexity index is 1580. The molecule has 12 nitrogen and oxygen atoms in total. The second-order valence-electron chi connectivity index (χ2n) is 12.8. The number of esters is 2. The number of phosphoric ester groups is 1. The molecule has 0 fully saturated rings. The van der Waals surface area contributed by atoms with E-state index in [1.807, 2.05) is 56.3 Å². The van der Waals surface area contributed by atoms with E-state index >= 15 is 0 Å². The molecule has 0 aliphatic rings. The summed E-state index contributed by atoms with van der Waals surface area (Å²) in [6.07, 6.45) is 0.507. The van der Waals surface area contributed by atoms with Crippen LogP contribution in [0.1, 0.15) is 70.1 Å². The van der Waals surface area contributed by atoms with Crippen LogP contribution in [-0.2, 0) is 30.0 Å². The van der Waals surface area contributed by atoms with Gasteiger partial charge >= 0.3 is 25.8 Å². The van der Waals surface area contributed by atoms with E-state index in [4.69, 9.17) is 19.3 Å². The van der Waals surface area contributed by atoms with Crippen molar-refractivity contribution in [3.63, 3.8) is 0 Å². The molecule has 0 heterocycles. The maximum Gasteiger partial charge on any atom is 0.524 e. The normalized spacial score (nSPS) is 12.0. The highest BCUT2D eigenvalue weighted by molar-refractivity contribution is 7.46. The Morgan fingerprint density at radius 2 is 1.45 bits per heavy atom. The number of hydrogen-bond acceptors (Lipinski definition) is 8. The molecule has 0 aliphatic carbocycles. The molecule has 1 atom stereocenters. The molecular formula is C36H48N3O9P. The third-order valence-electron chi connectivity index (χ3n) is 7.40. The van der Waals surface area contributed by atoms with Crippen LogP contribution in [0.4, 0.5) is 21.9 Å². The fraction of sp³-hybridized carbons (Fsp3) is 0.417. The molecule has 0 saturated carbocycles. The number of amides is 2. The lowest BCUT2D eigenvalue weighted by Crippen LogP contribution is -2.32. The molecule has 0 bridgehead atoms. The number of urea groups is 1. The summed E-state index contributed by atoms with van der Waals surface area (Å²) in [5.41, 5.74) is 4.64. The maximum absolute atomic E-state index is 13.2. The number of carbonyl (C=O) groups excluding carboxylic acids is 3. The summed E-state index contributed by atoms with van der Waals surface area (Å²) in [6.45, 7) is 13.6. The minimum Gasteiger partial charge on any atom is -0.428 e. The Morgan fingerprint density at radius 3 is 2.02 bits per heavy atom. The Balaban J connectivity index is 1.67. The van der Waals surface area contributed by atoms with E-state index in [2.05, 4.69) is 47.8 Å². The summed E-state index contributed by atoms with van der Waals surface area (Å²) in [7, 11) is -4.69. The fourth-order valence-electron chi connectivity index (χ4n) is 5.20. The Hall–Kier alpha value is -4.38. The molecule has 0 aromatic heterocycles. The summed E-state index contributed by atoms with van der Waals surface area (Å²) in [5, 5.41) is 5.95. The average molecular weight is 698 g/mol. The standard InChI is InChI=1S/C36H48N3O9P/c1-7-28(20-35(41)47-23-46-34(40)18-27-10-15-31(16-11-27)48-49(43,44)45)29-12-17-33(39(21-24(2)3)22-25(4)5)32(19-29)38-36(42)37-30-13-8-26(6)9-14-30/h8-17,19,24-25,28H,7,18,20-23H2,1-6H3,(H2,37,38,42)(H2,43,44,45). The lowest BCUT2D eigenvalue weighted by atomic mass is 9.92. The number of benzene rings is 3. The first-order chi connectivity index (χ1) is 23.1. The Morgan fingerprint density at radius 1 is 0.837 bits per heavy atom. The molecule has 1 unspecified atom stereocenters. The minimum absolute atomic E-state index is 0.0329. The molecule has 0 radical (unpaired) electrons. The van der Waals surface area contributed by atoms with Gasteiger partial charge in [0.2, 0.25) is 6.79 Å². The molecule has 0 aliphatic heterocycles. The summed E-state index contributed by atoms with van der Waals surface area (Å²) in [4.78, 5) is 58.3. The third-order valence-corrected chi connectivity index (χ3v) is 7.85. The average Bonchev–Trinajstić information content (AvgIpc) is 3.00. The van der Waals surface area contributed by atoms with Crippen molar-refractivity contribution >= 4 is 42.9 Å². The smallest absolute Gasteiger partial charge is 0.428 e. The quantitative estimate of drug-likeness (QED) is 0.0635. The van der Waals surface area contributed by atoms with Crippen molar-refractivity contribution in [2.24, 2.45) is 11.8 Å². The molecule has 3 rings (SSSR count). The third kappa shape index (κ3) is 13.9. The molecule has 266 valence electrons. The monoisotopic (exact) mass is 697 g/mol. The number of nitrogens with zero attached hydrogens (tertiary/aromatic N) is 1. The molecule has 0 saturated heterocycles. The van der Waals surface area contributed by atoms with Gasteiger partial charge in [-0.15, -0.1) is 0 Å². The SMILES string of the molecule is CCC(CC(=O)OCOC(=O)Cc1ccc(OP(=O)(O)O)cc1)c1ccc(N(CC(C)C)CC(C)C)c(NC(=O)Nc2ccc(C)cc2)c1. The van der Waals surface area contributed by atoms with Gasteiger partial charge in [-0.05, 0) is 78.6 Å². The zero-order chi connectivity index (χ0) is 36.1. The molecule has 49 heavy (non-hydrogen) atoms. The topological polar surface area (TPSA) is 164 Å². The van der Waals surface area contributed by atoms with Gasteiger partial charge in [0.05, 0.1) is 24.2 Å². The maximum atomic E-state index is 13.2. The number of anilines is 3. The van der Waals surface area contributed by atoms with Crippen LogP contribution < -0.4 is 20.1 Å². The predicted octanol–water partition coefficient (Wildman–Crippen LogP) is 7.40. The van der Waals surface area contributed by atoms with Gasteiger partial charge in [-0.1, -0.05) is 70.5 Å². The number of aryl methyl sites for hydroxylation is 1. The van der Waals surface area contributed by atoms with Crippen LogP contribution in [0.2, 0.25) is 0 Å². The van der Waals surface area contributed by atoms with Gasteiger partial charge < -0.3 is 29.5 Å². The summed E-state index contributed by atoms with van der Waals surface area (Å²) < 4.78 is 25.7. The van der Waals surface area contributed by atoms with Crippen molar-refractivity contribution in [2.75, 3.05) is 35.4 Å². The van der Waals surface area contributed by atoms with Crippen molar-refractivity contribution in [1.82, 2.24) is 0 Å². The number of carbonyl (C=O) groups is 3. The fourth-order valence-corrected chi connectivity index (χ4v) is 5.60. The lowest BCUT2D eigenvalue weighted by Gasteiger charge is -2.31. The van der Waals surface area contributed by atoms with Gasteiger partial charge in [-0.3, -0.25) is 19.4 Å². The first kappa shape index (κ1) is 39.1. The van der Waals surface area contributed by atoms with Gasteiger partial charge in [0.1, 0.15) is 5.75 Å². The highest BCUT2D eigenvalue weighted by atomic mass is 31.2. The Labute approximate surface area is 288 Å². The summed E-state index contributed by atoms with van der Waals surface area (Å²) in [6, 6.07) is 18.6. The van der Waals surface area contributed by atoms with E-state index in [0.29, 0.717) is 35.2 Å². The van der Waals surface area contributed by atoms with Crippen LogP contribution in [-0.4, -0.2) is 47.6 Å². The number of hydrogen-bond donors (Lipinski definition) is 4. The highest BCUT2D eigenvalue weighted by Crippen LogP contribution is 2.37. The number of rotatable bonds is 17. The van der Waals surface area contributed by atoms with E-state index in [9.17, 15) is 18.9 Å². The molecule has 4 N–H and O–H groups in total. The van der Waals surface area contributed by atoms with Crippen LogP contribution in [0, 0.1) is 18.8 Å². The second-order valence-corrected chi connectivity index (χ2v) is 13.9. The molecule has 0 spiro atoms. The van der Waals surface area contributed by atoms with E-state index in [1.54, 1.807) is 0 Å². The molecule has 13 heteroatoms. The summed E-state index contributed by atoms with van der Waals surface area (Å²) in [5.74, 6) is -0.695. The van der Waals surface area contributed by atoms with Crippen molar-refractivity contribution in [3.8, 4) is 5.75 Å². The predicted molar refractivity (Wildman–Crippen MR) is 190 cm³/mol. The molecule has 2 amide bonds. The van der Waals surface area contributed by atoms with Crippen LogP contribution in [0.15, 0.2) is 66.7 Å². The van der Waals surface area contributed by atoms with Gasteiger partial charge in [0.15, 0.2) is 0 Å². The summed E-state index contributed by atoms with van der Waals surface area (Å²) >= 11 is 0. The van der Waals surface area contributed by atoms with Gasteiger partial charge in [-0.2, -0.15) is 0 Å². The van der Waals surface area contributed by atoms with E-state index in [0.717, 1.165) is 29.9 Å². The molecular weight excluding hydrogens is 649 g/mol. The van der Waals surface area contributed by atoms with Crippen LogP contribution in [0.5, 0.6) is 5.75 Å². The van der Waals surface area contributed by atoms with Crippen LogP contribution in [0.3, 0.4) is 0 Å². The van der Waals surface area contributed by atoms with Gasteiger partial charge in [0, 0.05) is 18.8 Å². The number of ether oxygens (including phenoxy) is 2. The lowest BCUT2D eigenvalue weighted by molar-refractivity contribution is -0.167. The number of nitrogens with one attached hydrogen (secondary N) is 2. The first-order valence-electron chi connectivity index (χ1n) is 16.3. The molecule has 3 aromatic carbocycles. The first-order valence-corrected chi connectivity index (χ1v) is 17.8. The Kier molecular flexibility index (Phi) is 14.7. The highest BCUT2D eigenvalue weighted by Gasteiger charge is 2.22. The van der Waals surface area contributed by atoms with Crippen LogP contribution in [0.25, 0.3) is 0 Å². The second kappa shape index (κ2) is 18.4. The zero-order valence-electron chi connectivity index (χ0n) is 29.0. The van der Waals surface area contributed by atoms with Crippen LogP contribution >= 0.6 is 7.82 Å². The largest absolute Gasteiger partial charge is 0.524 e. The van der Waals surface area contributed by atoms with Gasteiger partial charge in [0.25, 0.3) is 0 Å². The van der Waals surface area contributed by atoms with Crippen molar-refractivity contribution < 1.29 is 42.7 Å². The van der Waals surface area contributed by atoms with E-state index in [1.165, 1.54) is 24.3 Å². The number of phosphoric acid groups is 1. The minimum atomic E-state index is -4.69. The van der Waals surface area contributed by atoms with E-state index in [-0.39, 0.29) is 30.5 Å². The van der Waals surface area contributed by atoms with Crippen molar-refractivity contribution in [1.29, 1.82) is 0 Å². The van der Waals surface area contributed by atoms with E-state index < -0.39 is 26.6 Å². The molecule has 3 aromatic rings. The zero-order valence-corrected chi connectivity index (χ0v) is 29.9. The van der Waals surface area contributed by atoms with Crippen molar-refractivity contribution in [3.05, 3.63) is 83.4 Å². The van der Waals surface area contributed by atoms with Gasteiger partial charge in [-0.25, -0.2) is 9.36 Å². The van der Waals surface area contributed by atoms with Crippen molar-refractivity contribution in [2.45, 2.75) is 66.7 Å².